The Kier molecular flexibility index (Phi) is 5.74. The Bertz CT molecular complexity index is 1390. The van der Waals surface area contributed by atoms with Gasteiger partial charge in [-0.15, -0.1) is 0 Å². The van der Waals surface area contributed by atoms with Gasteiger partial charge < -0.3 is 15.4 Å². The Hall–Kier alpha value is -3.79. The second-order valence-corrected chi connectivity index (χ2v) is 8.31. The van der Waals surface area contributed by atoms with Crippen LogP contribution in [0, 0.1) is 11.6 Å². The van der Waals surface area contributed by atoms with E-state index in [0.717, 1.165) is 12.8 Å². The van der Waals surface area contributed by atoms with E-state index in [0.29, 0.717) is 41.6 Å². The highest BCUT2D eigenvalue weighted by Crippen LogP contribution is 2.24. The third kappa shape index (κ3) is 3.90. The number of piperidine rings is 1. The zero-order valence-corrected chi connectivity index (χ0v) is 18.6. The predicted octanol–water partition coefficient (Wildman–Crippen LogP) is 2.84. The standard InChI is InChI=1S/C24H24F2N6O2/c1-34-17-5-2-4-16(12-17)32-22-21(13-28-23(29-22)30-10-8-15(27)9-11-30)31(24(32)33)14-18-19(25)6-3-7-20(18)26/h2-7,12-13,15H,8-11,14,27H2,1H3. The lowest BCUT2D eigenvalue weighted by atomic mass is 10.1. The first-order valence-electron chi connectivity index (χ1n) is 11.0. The number of imidazole rings is 1. The van der Waals surface area contributed by atoms with Crippen molar-refractivity contribution in [1.82, 2.24) is 19.1 Å². The molecule has 34 heavy (non-hydrogen) atoms. The fourth-order valence-corrected chi connectivity index (χ4v) is 4.26. The van der Waals surface area contributed by atoms with E-state index in [4.69, 9.17) is 15.5 Å². The predicted molar refractivity (Wildman–Crippen MR) is 125 cm³/mol. The molecular weight excluding hydrogens is 442 g/mol. The smallest absolute Gasteiger partial charge is 0.335 e. The largest absolute Gasteiger partial charge is 0.497 e. The van der Waals surface area contributed by atoms with Gasteiger partial charge in [0.05, 0.1) is 25.5 Å². The molecule has 2 aromatic heterocycles. The molecule has 2 N–H and O–H groups in total. The van der Waals surface area contributed by atoms with E-state index in [9.17, 15) is 13.6 Å². The van der Waals surface area contributed by atoms with Crippen LogP contribution in [0.4, 0.5) is 14.7 Å². The SMILES string of the molecule is COc1cccc(-n2c(=O)n(Cc3c(F)cccc3F)c3cnc(N4CCC(N)CC4)nc32)c1. The number of aromatic nitrogens is 4. The summed E-state index contributed by atoms with van der Waals surface area (Å²) in [5, 5.41) is 0. The minimum absolute atomic E-state index is 0.145. The number of hydrogen-bond acceptors (Lipinski definition) is 6. The van der Waals surface area contributed by atoms with E-state index in [-0.39, 0.29) is 18.2 Å². The van der Waals surface area contributed by atoms with E-state index in [2.05, 4.69) is 4.98 Å². The molecule has 1 aliphatic rings. The first-order valence-corrected chi connectivity index (χ1v) is 11.0. The molecule has 1 fully saturated rings. The average Bonchev–Trinajstić information content (AvgIpc) is 3.12. The van der Waals surface area contributed by atoms with Crippen LogP contribution in [0.1, 0.15) is 18.4 Å². The fourth-order valence-electron chi connectivity index (χ4n) is 4.26. The second kappa shape index (κ2) is 8.86. The van der Waals surface area contributed by atoms with Crippen LogP contribution in [0.15, 0.2) is 53.5 Å². The van der Waals surface area contributed by atoms with Gasteiger partial charge in [-0.25, -0.2) is 23.1 Å². The molecule has 0 saturated carbocycles. The minimum atomic E-state index is -0.726. The maximum atomic E-state index is 14.4. The lowest BCUT2D eigenvalue weighted by Gasteiger charge is -2.30. The summed E-state index contributed by atoms with van der Waals surface area (Å²) in [4.78, 5) is 24.8. The van der Waals surface area contributed by atoms with Crippen molar-refractivity contribution in [1.29, 1.82) is 0 Å². The summed E-state index contributed by atoms with van der Waals surface area (Å²) in [5.74, 6) is -0.414. The maximum absolute atomic E-state index is 14.4. The monoisotopic (exact) mass is 466 g/mol. The number of anilines is 1. The highest BCUT2D eigenvalue weighted by Gasteiger charge is 2.23. The number of rotatable bonds is 5. The quantitative estimate of drug-likeness (QED) is 0.487. The number of benzene rings is 2. The molecule has 1 saturated heterocycles. The zero-order chi connectivity index (χ0) is 23.8. The van der Waals surface area contributed by atoms with Crippen molar-refractivity contribution < 1.29 is 13.5 Å². The summed E-state index contributed by atoms with van der Waals surface area (Å²) in [6, 6.07) is 10.7. The van der Waals surface area contributed by atoms with Crippen LogP contribution in [0.5, 0.6) is 5.75 Å². The van der Waals surface area contributed by atoms with Crippen molar-refractivity contribution in [2.75, 3.05) is 25.1 Å². The number of fused-ring (bicyclic) bond motifs is 1. The van der Waals surface area contributed by atoms with Gasteiger partial charge >= 0.3 is 5.69 Å². The number of nitrogens with two attached hydrogens (primary N) is 1. The molecule has 0 unspecified atom stereocenters. The normalized spacial score (nSPS) is 14.6. The van der Waals surface area contributed by atoms with Gasteiger partial charge in [-0.2, -0.15) is 4.98 Å². The first-order chi connectivity index (χ1) is 16.5. The number of halogens is 2. The molecule has 0 amide bonds. The van der Waals surface area contributed by atoms with Gasteiger partial charge in [-0.1, -0.05) is 12.1 Å². The fraction of sp³-hybridized carbons (Fsp3) is 0.292. The molecule has 0 spiro atoms. The number of nitrogens with zero attached hydrogens (tertiary/aromatic N) is 5. The van der Waals surface area contributed by atoms with Gasteiger partial charge in [-0.05, 0) is 37.1 Å². The Balaban J connectivity index is 1.69. The van der Waals surface area contributed by atoms with Gasteiger partial charge in [0, 0.05) is 30.8 Å². The summed E-state index contributed by atoms with van der Waals surface area (Å²) in [5.41, 5.74) is 6.56. The summed E-state index contributed by atoms with van der Waals surface area (Å²) in [7, 11) is 1.54. The van der Waals surface area contributed by atoms with Crippen molar-refractivity contribution in [2.45, 2.75) is 25.4 Å². The van der Waals surface area contributed by atoms with Crippen LogP contribution in [0.3, 0.4) is 0 Å². The molecule has 176 valence electrons. The zero-order valence-electron chi connectivity index (χ0n) is 18.6. The van der Waals surface area contributed by atoms with Gasteiger partial charge in [0.25, 0.3) is 0 Å². The molecule has 10 heteroatoms. The maximum Gasteiger partial charge on any atom is 0.335 e. The summed E-state index contributed by atoms with van der Waals surface area (Å²) in [6.07, 6.45) is 3.17. The van der Waals surface area contributed by atoms with E-state index >= 15 is 0 Å². The van der Waals surface area contributed by atoms with Crippen LogP contribution in [0.2, 0.25) is 0 Å². The van der Waals surface area contributed by atoms with Crippen LogP contribution in [-0.2, 0) is 6.54 Å². The Morgan fingerprint density at radius 2 is 1.82 bits per heavy atom. The van der Waals surface area contributed by atoms with Crippen molar-refractivity contribution in [2.24, 2.45) is 5.73 Å². The van der Waals surface area contributed by atoms with E-state index in [1.54, 1.807) is 24.3 Å². The Morgan fingerprint density at radius 3 is 2.53 bits per heavy atom. The number of methoxy groups -OCH3 is 1. The molecule has 0 atom stereocenters. The molecule has 1 aliphatic heterocycles. The summed E-state index contributed by atoms with van der Waals surface area (Å²) < 4.78 is 36.8. The van der Waals surface area contributed by atoms with E-state index in [1.807, 2.05) is 4.90 Å². The second-order valence-electron chi connectivity index (χ2n) is 8.31. The third-order valence-corrected chi connectivity index (χ3v) is 6.17. The Morgan fingerprint density at radius 1 is 1.12 bits per heavy atom. The molecule has 5 rings (SSSR count). The van der Waals surface area contributed by atoms with Crippen LogP contribution < -0.4 is 21.1 Å². The highest BCUT2D eigenvalue weighted by molar-refractivity contribution is 5.75. The molecule has 4 aromatic rings. The molecule has 0 radical (unpaired) electrons. The van der Waals surface area contributed by atoms with E-state index in [1.165, 1.54) is 40.6 Å². The third-order valence-electron chi connectivity index (χ3n) is 6.17. The van der Waals surface area contributed by atoms with Crippen LogP contribution in [-0.4, -0.2) is 45.3 Å². The number of ether oxygens (including phenoxy) is 1. The van der Waals surface area contributed by atoms with Crippen LogP contribution in [0.25, 0.3) is 16.9 Å². The highest BCUT2D eigenvalue weighted by atomic mass is 19.1. The summed E-state index contributed by atoms with van der Waals surface area (Å²) in [6.45, 7) is 1.11. The van der Waals surface area contributed by atoms with Gasteiger partial charge in [-0.3, -0.25) is 4.57 Å². The first kappa shape index (κ1) is 22.0. The molecule has 0 bridgehead atoms. The van der Waals surface area contributed by atoms with Crippen molar-refractivity contribution in [3.8, 4) is 11.4 Å². The lowest BCUT2D eigenvalue weighted by molar-refractivity contribution is 0.414. The van der Waals surface area contributed by atoms with Crippen molar-refractivity contribution in [3.63, 3.8) is 0 Å². The van der Waals surface area contributed by atoms with Gasteiger partial charge in [0.1, 0.15) is 22.9 Å². The minimum Gasteiger partial charge on any atom is -0.497 e. The molecule has 3 heterocycles. The Labute approximate surface area is 194 Å². The van der Waals surface area contributed by atoms with Crippen LogP contribution >= 0.6 is 0 Å². The molecule has 2 aromatic carbocycles. The van der Waals surface area contributed by atoms with Crippen molar-refractivity contribution >= 4 is 17.1 Å². The average molecular weight is 466 g/mol. The number of hydrogen-bond donors (Lipinski definition) is 1. The van der Waals surface area contributed by atoms with Crippen molar-refractivity contribution in [3.05, 3.63) is 76.3 Å². The van der Waals surface area contributed by atoms with E-state index < -0.39 is 17.3 Å². The van der Waals surface area contributed by atoms with Gasteiger partial charge in [0.15, 0.2) is 5.65 Å². The van der Waals surface area contributed by atoms with Gasteiger partial charge in [0.2, 0.25) is 5.95 Å². The molecule has 8 nitrogen and oxygen atoms in total. The summed E-state index contributed by atoms with van der Waals surface area (Å²) >= 11 is 0. The lowest BCUT2D eigenvalue weighted by Crippen LogP contribution is -2.40. The topological polar surface area (TPSA) is 91.2 Å². The molecule has 0 aliphatic carbocycles. The molecular formula is C24H24F2N6O2.